The predicted octanol–water partition coefficient (Wildman–Crippen LogP) is 3.59. The maximum Gasteiger partial charge on any atom is 0.153 e. The van der Waals surface area contributed by atoms with Crippen LogP contribution in [0.1, 0.15) is 30.7 Å². The summed E-state index contributed by atoms with van der Waals surface area (Å²) in [5, 5.41) is 13.4. The lowest BCUT2D eigenvalue weighted by atomic mass is 10.2. The van der Waals surface area contributed by atoms with E-state index in [4.69, 9.17) is 5.26 Å². The Hall–Kier alpha value is -2.35. The molecule has 0 radical (unpaired) electrons. The van der Waals surface area contributed by atoms with E-state index in [-0.39, 0.29) is 5.56 Å². The van der Waals surface area contributed by atoms with E-state index >= 15 is 0 Å². The van der Waals surface area contributed by atoms with E-state index in [0.29, 0.717) is 5.69 Å². The van der Waals surface area contributed by atoms with Gasteiger partial charge in [-0.05, 0) is 32.0 Å². The monoisotopic (exact) mass is 288 g/mol. The molecular formula is C16H21FN4. The van der Waals surface area contributed by atoms with Gasteiger partial charge in [0.15, 0.2) is 5.82 Å². The van der Waals surface area contributed by atoms with Gasteiger partial charge in [-0.1, -0.05) is 13.8 Å². The summed E-state index contributed by atoms with van der Waals surface area (Å²) in [6.07, 6.45) is 0. The lowest BCUT2D eigenvalue weighted by Gasteiger charge is -2.08. The number of hydrogen-bond acceptors (Lipinski definition) is 3. The highest BCUT2D eigenvalue weighted by atomic mass is 19.1. The third-order valence-corrected chi connectivity index (χ3v) is 3.07. The second kappa shape index (κ2) is 6.89. The predicted molar refractivity (Wildman–Crippen MR) is 83.4 cm³/mol. The van der Waals surface area contributed by atoms with Gasteiger partial charge >= 0.3 is 0 Å². The van der Waals surface area contributed by atoms with Gasteiger partial charge in [0.05, 0.1) is 17.3 Å². The summed E-state index contributed by atoms with van der Waals surface area (Å²) in [6, 6.07) is 6.16. The second-order valence-corrected chi connectivity index (χ2v) is 4.65. The van der Waals surface area contributed by atoms with E-state index in [9.17, 15) is 4.39 Å². The molecule has 5 heteroatoms. The zero-order valence-electron chi connectivity index (χ0n) is 13.4. The fourth-order valence-electron chi connectivity index (χ4n) is 2.00. The minimum atomic E-state index is -0.437. The Morgan fingerprint density at radius 2 is 1.81 bits per heavy atom. The summed E-state index contributed by atoms with van der Waals surface area (Å²) in [6.45, 7) is 7.89. The number of nitrogens with zero attached hydrogens (tertiary/aromatic N) is 4. The summed E-state index contributed by atoms with van der Waals surface area (Å²) in [5.74, 6) is 0.397. The smallest absolute Gasteiger partial charge is 0.153 e. The lowest BCUT2D eigenvalue weighted by molar-refractivity contribution is 0.624. The molecule has 0 fully saturated rings. The van der Waals surface area contributed by atoms with Crippen LogP contribution >= 0.6 is 0 Å². The Balaban J connectivity index is 0.00000106. The van der Waals surface area contributed by atoms with Crippen LogP contribution in [-0.4, -0.2) is 23.9 Å². The molecule has 2 aromatic rings. The molecule has 0 saturated heterocycles. The van der Waals surface area contributed by atoms with E-state index in [2.05, 4.69) is 5.10 Å². The van der Waals surface area contributed by atoms with Crippen molar-refractivity contribution in [2.75, 3.05) is 19.0 Å². The van der Waals surface area contributed by atoms with Gasteiger partial charge in [-0.3, -0.25) is 0 Å². The Labute approximate surface area is 125 Å². The van der Waals surface area contributed by atoms with E-state index in [1.807, 2.05) is 52.8 Å². The minimum absolute atomic E-state index is 0.286. The van der Waals surface area contributed by atoms with Crippen molar-refractivity contribution in [2.45, 2.75) is 27.7 Å². The maximum absolute atomic E-state index is 13.5. The third-order valence-electron chi connectivity index (χ3n) is 3.07. The fourth-order valence-corrected chi connectivity index (χ4v) is 2.00. The molecule has 0 atom stereocenters. The van der Waals surface area contributed by atoms with Crippen molar-refractivity contribution in [3.8, 4) is 11.8 Å². The molecule has 0 unspecified atom stereocenters. The number of hydrogen-bond donors (Lipinski definition) is 0. The highest BCUT2D eigenvalue weighted by Crippen LogP contribution is 2.23. The summed E-state index contributed by atoms with van der Waals surface area (Å²) in [7, 11) is 3.82. The van der Waals surface area contributed by atoms with Crippen molar-refractivity contribution >= 4 is 5.82 Å². The average molecular weight is 288 g/mol. The second-order valence-electron chi connectivity index (χ2n) is 4.65. The lowest BCUT2D eigenvalue weighted by Crippen LogP contribution is -2.11. The van der Waals surface area contributed by atoms with Crippen LogP contribution in [0.2, 0.25) is 0 Å². The highest BCUT2D eigenvalue weighted by Gasteiger charge is 2.14. The van der Waals surface area contributed by atoms with Gasteiger partial charge in [0.25, 0.3) is 0 Å². The first-order valence-electron chi connectivity index (χ1n) is 6.88. The first-order chi connectivity index (χ1) is 9.93. The number of nitriles is 1. The van der Waals surface area contributed by atoms with Crippen molar-refractivity contribution in [2.24, 2.45) is 0 Å². The molecule has 0 spiro atoms. The molecule has 0 aliphatic rings. The van der Waals surface area contributed by atoms with Crippen molar-refractivity contribution < 1.29 is 4.39 Å². The minimum Gasteiger partial charge on any atom is -0.361 e. The summed E-state index contributed by atoms with van der Waals surface area (Å²) < 4.78 is 15.2. The van der Waals surface area contributed by atoms with Crippen LogP contribution in [0.15, 0.2) is 18.2 Å². The van der Waals surface area contributed by atoms with Crippen LogP contribution in [0.5, 0.6) is 0 Å². The van der Waals surface area contributed by atoms with E-state index < -0.39 is 5.82 Å². The molecule has 1 aromatic heterocycles. The molecule has 0 amide bonds. The summed E-state index contributed by atoms with van der Waals surface area (Å²) in [4.78, 5) is 1.91. The summed E-state index contributed by atoms with van der Waals surface area (Å²) >= 11 is 0. The van der Waals surface area contributed by atoms with Crippen LogP contribution in [0.25, 0.3) is 5.69 Å². The number of halogens is 1. The standard InChI is InChI=1S/C14H15FN4.C2H6/c1-9-10(2)19(17-14(9)18(3)4)13-6-11(8-16)5-12(15)7-13;1-2/h5-7H,1-4H3;1-2H3. The number of anilines is 1. The molecule has 2 rings (SSSR count). The molecule has 112 valence electrons. The Morgan fingerprint density at radius 3 is 2.29 bits per heavy atom. The van der Waals surface area contributed by atoms with Gasteiger partial charge in [-0.15, -0.1) is 5.10 Å². The van der Waals surface area contributed by atoms with Gasteiger partial charge in [0, 0.05) is 25.4 Å². The molecule has 1 heterocycles. The van der Waals surface area contributed by atoms with Crippen LogP contribution in [0.3, 0.4) is 0 Å². The Kier molecular flexibility index (Phi) is 5.48. The van der Waals surface area contributed by atoms with E-state index in [0.717, 1.165) is 17.1 Å². The number of benzene rings is 1. The maximum atomic E-state index is 13.5. The van der Waals surface area contributed by atoms with Gasteiger partial charge in [0.1, 0.15) is 5.82 Å². The molecule has 0 N–H and O–H groups in total. The third kappa shape index (κ3) is 3.40. The van der Waals surface area contributed by atoms with Gasteiger partial charge in [-0.2, -0.15) is 5.26 Å². The van der Waals surface area contributed by atoms with E-state index in [1.165, 1.54) is 12.1 Å². The van der Waals surface area contributed by atoms with Crippen LogP contribution < -0.4 is 4.90 Å². The molecule has 0 bridgehead atoms. The Morgan fingerprint density at radius 1 is 1.19 bits per heavy atom. The molecule has 21 heavy (non-hydrogen) atoms. The van der Waals surface area contributed by atoms with Crippen molar-refractivity contribution in [3.63, 3.8) is 0 Å². The molecule has 0 aliphatic heterocycles. The van der Waals surface area contributed by atoms with Crippen molar-refractivity contribution in [1.82, 2.24) is 9.78 Å². The zero-order chi connectivity index (χ0) is 16.2. The molecule has 1 aromatic carbocycles. The fraction of sp³-hybridized carbons (Fsp3) is 0.375. The van der Waals surface area contributed by atoms with Gasteiger partial charge in [0.2, 0.25) is 0 Å². The Bertz CT molecular complexity index is 666. The molecular weight excluding hydrogens is 267 g/mol. The van der Waals surface area contributed by atoms with Gasteiger partial charge < -0.3 is 4.90 Å². The van der Waals surface area contributed by atoms with Crippen LogP contribution in [0, 0.1) is 31.0 Å². The molecule has 0 saturated carbocycles. The largest absolute Gasteiger partial charge is 0.361 e. The zero-order valence-corrected chi connectivity index (χ0v) is 13.4. The molecule has 4 nitrogen and oxygen atoms in total. The molecule has 0 aliphatic carbocycles. The van der Waals surface area contributed by atoms with Crippen LogP contribution in [0.4, 0.5) is 10.2 Å². The summed E-state index contributed by atoms with van der Waals surface area (Å²) in [5.41, 5.74) is 2.81. The van der Waals surface area contributed by atoms with Crippen LogP contribution in [-0.2, 0) is 0 Å². The topological polar surface area (TPSA) is 44.9 Å². The first-order valence-corrected chi connectivity index (χ1v) is 6.88. The normalized spacial score (nSPS) is 9.62. The first kappa shape index (κ1) is 16.7. The average Bonchev–Trinajstić information content (AvgIpc) is 2.77. The SMILES string of the molecule is CC.Cc1c(N(C)C)nn(-c2cc(F)cc(C#N)c2)c1C. The highest BCUT2D eigenvalue weighted by molar-refractivity contribution is 5.51. The van der Waals surface area contributed by atoms with Crippen molar-refractivity contribution in [1.29, 1.82) is 5.26 Å². The number of rotatable bonds is 2. The van der Waals surface area contributed by atoms with E-state index in [1.54, 1.807) is 10.7 Å². The number of aromatic nitrogens is 2. The van der Waals surface area contributed by atoms with Gasteiger partial charge in [-0.25, -0.2) is 9.07 Å². The van der Waals surface area contributed by atoms with Crippen molar-refractivity contribution in [3.05, 3.63) is 40.8 Å². The quantitative estimate of drug-likeness (QED) is 0.848.